The van der Waals surface area contributed by atoms with Crippen molar-refractivity contribution >= 4 is 17.6 Å². The van der Waals surface area contributed by atoms with E-state index in [2.05, 4.69) is 5.32 Å². The van der Waals surface area contributed by atoms with Crippen molar-refractivity contribution < 1.29 is 34.4 Å². The van der Waals surface area contributed by atoms with Crippen LogP contribution in [0.4, 0.5) is 5.69 Å². The fourth-order valence-corrected chi connectivity index (χ4v) is 3.27. The van der Waals surface area contributed by atoms with E-state index >= 15 is 0 Å². The van der Waals surface area contributed by atoms with Crippen molar-refractivity contribution in [3.05, 3.63) is 48.0 Å². The van der Waals surface area contributed by atoms with E-state index in [-0.39, 0.29) is 30.6 Å². The molecule has 0 radical (unpaired) electrons. The van der Waals surface area contributed by atoms with Gasteiger partial charge in [-0.05, 0) is 42.3 Å². The van der Waals surface area contributed by atoms with Crippen LogP contribution < -0.4 is 10.1 Å². The molecule has 0 spiro atoms. The summed E-state index contributed by atoms with van der Waals surface area (Å²) in [6, 6.07) is 12.3. The molecular weight excluding hydrogens is 414 g/mol. The normalized spacial score (nSPS) is 14.7. The zero-order valence-electron chi connectivity index (χ0n) is 18.7. The number of amides is 1. The number of aliphatic hydroxyl groups excluding tert-OH is 3. The summed E-state index contributed by atoms with van der Waals surface area (Å²) < 4.78 is 10.6. The summed E-state index contributed by atoms with van der Waals surface area (Å²) in [5, 5.41) is 31.8. The third-order valence-corrected chi connectivity index (χ3v) is 5.10. The quantitative estimate of drug-likeness (QED) is 0.414. The van der Waals surface area contributed by atoms with Crippen LogP contribution in [-0.2, 0) is 9.53 Å². The molecule has 4 N–H and O–H groups in total. The monoisotopic (exact) mass is 445 g/mol. The molecule has 32 heavy (non-hydrogen) atoms. The van der Waals surface area contributed by atoms with E-state index < -0.39 is 24.1 Å². The lowest BCUT2D eigenvalue weighted by Crippen LogP contribution is -2.36. The van der Waals surface area contributed by atoms with E-state index in [1.54, 1.807) is 44.2 Å². The largest absolute Gasteiger partial charge is 0.491 e. The number of carbonyl (C=O) groups excluding carboxylic acids is 2. The van der Waals surface area contributed by atoms with E-state index in [0.717, 1.165) is 11.1 Å². The van der Waals surface area contributed by atoms with Gasteiger partial charge in [0.25, 0.3) is 0 Å². The van der Waals surface area contributed by atoms with Gasteiger partial charge in [-0.1, -0.05) is 25.1 Å². The molecular formula is C24H31NO7. The van der Waals surface area contributed by atoms with Gasteiger partial charge >= 0.3 is 5.97 Å². The molecule has 0 heterocycles. The van der Waals surface area contributed by atoms with Crippen molar-refractivity contribution in [1.82, 2.24) is 0 Å². The summed E-state index contributed by atoms with van der Waals surface area (Å²) >= 11 is 0. The van der Waals surface area contributed by atoms with Crippen LogP contribution in [0.1, 0.15) is 37.6 Å². The first-order chi connectivity index (χ1) is 15.2. The zero-order chi connectivity index (χ0) is 23.8. The molecule has 4 unspecified atom stereocenters. The molecule has 0 aliphatic rings. The molecule has 174 valence electrons. The maximum absolute atomic E-state index is 12.1. The smallest absolute Gasteiger partial charge is 0.339 e. The van der Waals surface area contributed by atoms with Crippen molar-refractivity contribution in [1.29, 1.82) is 0 Å². The standard InChI is InChI=1S/C24H31NO7/c1-14(13-26)23(29)22(28)11-15(2)32-19-8-5-17(6-9-19)18-7-10-21(25-16(3)27)20(12-18)24(30)31-4/h5-10,12,14-15,22-23,26,28-29H,11,13H2,1-4H3,(H,25,27). The molecule has 0 fully saturated rings. The van der Waals surface area contributed by atoms with Crippen LogP contribution >= 0.6 is 0 Å². The van der Waals surface area contributed by atoms with Gasteiger partial charge in [0.2, 0.25) is 5.91 Å². The fraction of sp³-hybridized carbons (Fsp3) is 0.417. The van der Waals surface area contributed by atoms with Crippen molar-refractivity contribution in [2.24, 2.45) is 5.92 Å². The molecule has 0 aromatic heterocycles. The summed E-state index contributed by atoms with van der Waals surface area (Å²) in [7, 11) is 1.28. The van der Waals surface area contributed by atoms with Gasteiger partial charge in [-0.15, -0.1) is 0 Å². The maximum atomic E-state index is 12.1. The minimum atomic E-state index is -1.03. The average Bonchev–Trinajstić information content (AvgIpc) is 2.77. The molecule has 2 rings (SSSR count). The predicted molar refractivity (Wildman–Crippen MR) is 120 cm³/mol. The van der Waals surface area contributed by atoms with E-state index in [1.165, 1.54) is 14.0 Å². The summed E-state index contributed by atoms with van der Waals surface area (Å²) in [6.45, 7) is 4.60. The molecule has 8 nitrogen and oxygen atoms in total. The molecule has 4 atom stereocenters. The van der Waals surface area contributed by atoms with Gasteiger partial charge < -0.3 is 30.1 Å². The molecule has 2 aromatic rings. The number of anilines is 1. The van der Waals surface area contributed by atoms with Gasteiger partial charge in [0, 0.05) is 25.9 Å². The van der Waals surface area contributed by atoms with E-state index in [4.69, 9.17) is 14.6 Å². The molecule has 2 aromatic carbocycles. The van der Waals surface area contributed by atoms with E-state index in [1.807, 2.05) is 12.1 Å². The molecule has 8 heteroatoms. The second-order valence-corrected chi connectivity index (χ2v) is 7.84. The molecule has 0 saturated carbocycles. The van der Waals surface area contributed by atoms with Crippen LogP contribution in [0.5, 0.6) is 5.75 Å². The number of nitrogens with one attached hydrogen (secondary N) is 1. The Morgan fingerprint density at radius 1 is 1.03 bits per heavy atom. The maximum Gasteiger partial charge on any atom is 0.339 e. The number of ether oxygens (including phenoxy) is 2. The van der Waals surface area contributed by atoms with Crippen molar-refractivity contribution in [3.8, 4) is 16.9 Å². The van der Waals surface area contributed by atoms with Gasteiger partial charge in [-0.25, -0.2) is 4.79 Å². The number of methoxy groups -OCH3 is 1. The average molecular weight is 446 g/mol. The Bertz CT molecular complexity index is 913. The Morgan fingerprint density at radius 2 is 1.66 bits per heavy atom. The number of esters is 1. The van der Waals surface area contributed by atoms with Crippen LogP contribution in [0, 0.1) is 5.92 Å². The molecule has 0 saturated heterocycles. The lowest BCUT2D eigenvalue weighted by molar-refractivity contribution is -0.114. The summed E-state index contributed by atoms with van der Waals surface area (Å²) in [6.07, 6.45) is -2.19. The van der Waals surface area contributed by atoms with E-state index in [0.29, 0.717) is 11.4 Å². The van der Waals surface area contributed by atoms with Gasteiger partial charge in [0.15, 0.2) is 0 Å². The number of benzene rings is 2. The first-order valence-corrected chi connectivity index (χ1v) is 10.4. The SMILES string of the molecule is COC(=O)c1cc(-c2ccc(OC(C)CC(O)C(O)C(C)CO)cc2)ccc1NC(C)=O. The van der Waals surface area contributed by atoms with Crippen LogP contribution in [0.2, 0.25) is 0 Å². The van der Waals surface area contributed by atoms with Crippen LogP contribution in [-0.4, -0.2) is 59.2 Å². The molecule has 0 aliphatic carbocycles. The highest BCUT2D eigenvalue weighted by Gasteiger charge is 2.24. The minimum Gasteiger partial charge on any atom is -0.491 e. The first-order valence-electron chi connectivity index (χ1n) is 10.4. The van der Waals surface area contributed by atoms with Crippen molar-refractivity contribution in [3.63, 3.8) is 0 Å². The Morgan fingerprint density at radius 3 is 2.22 bits per heavy atom. The fourth-order valence-electron chi connectivity index (χ4n) is 3.27. The molecule has 0 bridgehead atoms. The number of rotatable bonds is 10. The van der Waals surface area contributed by atoms with Crippen LogP contribution in [0.3, 0.4) is 0 Å². The highest BCUT2D eigenvalue weighted by molar-refractivity contribution is 6.01. The van der Waals surface area contributed by atoms with E-state index in [9.17, 15) is 19.8 Å². The summed E-state index contributed by atoms with van der Waals surface area (Å²) in [5.74, 6) is -0.688. The molecule has 0 aliphatic heterocycles. The number of carbonyl (C=O) groups is 2. The predicted octanol–water partition coefficient (Wildman–Crippen LogP) is 2.61. The Balaban J connectivity index is 2.11. The second-order valence-electron chi connectivity index (χ2n) is 7.84. The number of hydrogen-bond donors (Lipinski definition) is 4. The van der Waals surface area contributed by atoms with Gasteiger partial charge in [0.1, 0.15) is 5.75 Å². The third-order valence-electron chi connectivity index (χ3n) is 5.10. The van der Waals surface area contributed by atoms with Crippen LogP contribution in [0.15, 0.2) is 42.5 Å². The minimum absolute atomic E-state index is 0.209. The highest BCUT2D eigenvalue weighted by atomic mass is 16.5. The van der Waals surface area contributed by atoms with Crippen molar-refractivity contribution in [2.45, 2.75) is 45.5 Å². The zero-order valence-corrected chi connectivity index (χ0v) is 18.7. The lowest BCUT2D eigenvalue weighted by atomic mass is 9.97. The molecule has 1 amide bonds. The number of hydrogen-bond acceptors (Lipinski definition) is 7. The van der Waals surface area contributed by atoms with Crippen molar-refractivity contribution in [2.75, 3.05) is 19.0 Å². The second kappa shape index (κ2) is 11.6. The Labute approximate surface area is 187 Å². The van der Waals surface area contributed by atoms with Gasteiger partial charge in [0.05, 0.1) is 36.7 Å². The lowest BCUT2D eigenvalue weighted by Gasteiger charge is -2.25. The first kappa shape index (κ1) is 25.3. The Kier molecular flexibility index (Phi) is 9.19. The topological polar surface area (TPSA) is 125 Å². The van der Waals surface area contributed by atoms with Crippen LogP contribution in [0.25, 0.3) is 11.1 Å². The summed E-state index contributed by atoms with van der Waals surface area (Å²) in [4.78, 5) is 23.5. The third kappa shape index (κ3) is 6.78. The Hall–Kier alpha value is -2.94. The summed E-state index contributed by atoms with van der Waals surface area (Å²) in [5.41, 5.74) is 2.21. The van der Waals surface area contributed by atoms with Gasteiger partial charge in [-0.3, -0.25) is 4.79 Å². The highest BCUT2D eigenvalue weighted by Crippen LogP contribution is 2.28. The number of aliphatic hydroxyl groups is 3. The van der Waals surface area contributed by atoms with Gasteiger partial charge in [-0.2, -0.15) is 0 Å².